The number of nitrogens with zero attached hydrogens (tertiary/aromatic N) is 3. The topological polar surface area (TPSA) is 64.4 Å². The molecule has 0 bridgehead atoms. The summed E-state index contributed by atoms with van der Waals surface area (Å²) in [6, 6.07) is 13.1. The number of carbonyl (C=O) groups is 1. The SMILES string of the molecule is CCC(c1nc2ccc(-c3ccc(CP(C)(C)=O)c(F)c3C)cc2n1-c1c(C=O)cccc1OC(F)F)N(C)C. The summed E-state index contributed by atoms with van der Waals surface area (Å²) in [4.78, 5) is 19.0. The Morgan fingerprint density at radius 1 is 1.12 bits per heavy atom. The van der Waals surface area contributed by atoms with Crippen LogP contribution in [0, 0.1) is 12.7 Å². The monoisotopic (exact) mass is 571 g/mol. The largest absolute Gasteiger partial charge is 0.433 e. The molecule has 0 aliphatic heterocycles. The highest BCUT2D eigenvalue weighted by molar-refractivity contribution is 7.61. The summed E-state index contributed by atoms with van der Waals surface area (Å²) in [5, 5.41) is 0. The quantitative estimate of drug-likeness (QED) is 0.144. The third kappa shape index (κ3) is 5.86. The predicted octanol–water partition coefficient (Wildman–Crippen LogP) is 7.69. The van der Waals surface area contributed by atoms with Crippen molar-refractivity contribution in [2.45, 2.75) is 39.1 Å². The van der Waals surface area contributed by atoms with Gasteiger partial charge in [0.05, 0.1) is 24.2 Å². The van der Waals surface area contributed by atoms with E-state index in [1.807, 2.05) is 38.1 Å². The van der Waals surface area contributed by atoms with E-state index in [2.05, 4.69) is 0 Å². The van der Waals surface area contributed by atoms with Gasteiger partial charge in [-0.3, -0.25) is 14.3 Å². The van der Waals surface area contributed by atoms with Gasteiger partial charge in [-0.05, 0) is 87.3 Å². The minimum atomic E-state index is -3.10. The van der Waals surface area contributed by atoms with Gasteiger partial charge >= 0.3 is 6.61 Å². The normalized spacial score (nSPS) is 12.9. The number of para-hydroxylation sites is 1. The maximum atomic E-state index is 15.4. The molecule has 0 N–H and O–H groups in total. The van der Waals surface area contributed by atoms with Gasteiger partial charge in [0.1, 0.15) is 17.3 Å². The smallest absolute Gasteiger partial charge is 0.387 e. The lowest BCUT2D eigenvalue weighted by Gasteiger charge is -2.25. The molecular formula is C30H33F3N3O3P. The molecule has 6 nitrogen and oxygen atoms in total. The van der Waals surface area contributed by atoms with Gasteiger partial charge in [0.2, 0.25) is 0 Å². The van der Waals surface area contributed by atoms with Crippen LogP contribution >= 0.6 is 7.14 Å². The third-order valence-corrected chi connectivity index (χ3v) is 8.02. The summed E-state index contributed by atoms with van der Waals surface area (Å²) in [5.41, 5.74) is 3.57. The molecule has 0 radical (unpaired) electrons. The van der Waals surface area contributed by atoms with Gasteiger partial charge in [0.15, 0.2) is 12.0 Å². The summed E-state index contributed by atoms with van der Waals surface area (Å²) in [5.74, 6) is -0.0180. The Morgan fingerprint density at radius 3 is 2.45 bits per heavy atom. The first-order valence-corrected chi connectivity index (χ1v) is 15.7. The molecule has 1 heterocycles. The fourth-order valence-electron chi connectivity index (χ4n) is 5.15. The molecule has 0 amide bonds. The lowest BCUT2D eigenvalue weighted by molar-refractivity contribution is -0.0498. The van der Waals surface area contributed by atoms with Crippen LogP contribution in [-0.4, -0.2) is 54.8 Å². The first kappa shape index (κ1) is 29.6. The highest BCUT2D eigenvalue weighted by Gasteiger charge is 2.26. The molecule has 3 aromatic carbocycles. The number of aromatic nitrogens is 2. The number of fused-ring (bicyclic) bond motifs is 1. The number of ether oxygens (including phenoxy) is 1. The molecule has 0 aliphatic rings. The molecule has 212 valence electrons. The van der Waals surface area contributed by atoms with Crippen LogP contribution in [0.2, 0.25) is 0 Å². The van der Waals surface area contributed by atoms with Gasteiger partial charge in [-0.2, -0.15) is 8.78 Å². The van der Waals surface area contributed by atoms with E-state index in [1.165, 1.54) is 18.2 Å². The number of alkyl halides is 2. The predicted molar refractivity (Wildman–Crippen MR) is 153 cm³/mol. The summed E-state index contributed by atoms with van der Waals surface area (Å²) >= 11 is 0. The molecule has 0 aliphatic carbocycles. The second-order valence-corrected chi connectivity index (χ2v) is 14.0. The average Bonchev–Trinajstić information content (AvgIpc) is 3.23. The van der Waals surface area contributed by atoms with Gasteiger partial charge < -0.3 is 9.30 Å². The first-order chi connectivity index (χ1) is 18.9. The van der Waals surface area contributed by atoms with Crippen molar-refractivity contribution in [1.82, 2.24) is 14.5 Å². The van der Waals surface area contributed by atoms with Crippen LogP contribution in [0.15, 0.2) is 48.5 Å². The van der Waals surface area contributed by atoms with Crippen molar-refractivity contribution in [1.29, 1.82) is 0 Å². The van der Waals surface area contributed by atoms with Crippen molar-refractivity contribution >= 4 is 24.5 Å². The van der Waals surface area contributed by atoms with Gasteiger partial charge in [-0.1, -0.05) is 31.2 Å². The van der Waals surface area contributed by atoms with E-state index in [9.17, 15) is 18.1 Å². The fraction of sp³-hybridized carbons (Fsp3) is 0.333. The Hall–Kier alpha value is -3.42. The van der Waals surface area contributed by atoms with E-state index in [0.29, 0.717) is 51.8 Å². The molecule has 4 aromatic rings. The summed E-state index contributed by atoms with van der Waals surface area (Å²) in [6.45, 7) is 3.82. The minimum Gasteiger partial charge on any atom is -0.433 e. The summed E-state index contributed by atoms with van der Waals surface area (Å²) in [7, 11) is 1.30. The Labute approximate surface area is 232 Å². The van der Waals surface area contributed by atoms with Crippen LogP contribution < -0.4 is 4.74 Å². The average molecular weight is 572 g/mol. The number of imidazole rings is 1. The van der Waals surface area contributed by atoms with Crippen molar-refractivity contribution in [2.24, 2.45) is 0 Å². The first-order valence-electron chi connectivity index (χ1n) is 12.9. The highest BCUT2D eigenvalue weighted by Crippen LogP contribution is 2.42. The molecule has 1 atom stereocenters. The van der Waals surface area contributed by atoms with E-state index < -0.39 is 19.6 Å². The second-order valence-electron chi connectivity index (χ2n) is 10.5. The number of hydrogen-bond donors (Lipinski definition) is 0. The van der Waals surface area contributed by atoms with Gasteiger partial charge in [0, 0.05) is 11.7 Å². The number of benzene rings is 3. The maximum Gasteiger partial charge on any atom is 0.387 e. The summed E-state index contributed by atoms with van der Waals surface area (Å²) in [6.07, 6.45) is 1.41. The molecule has 1 unspecified atom stereocenters. The third-order valence-electron chi connectivity index (χ3n) is 6.91. The zero-order valence-corrected chi connectivity index (χ0v) is 24.3. The second kappa shape index (κ2) is 11.6. The number of halogens is 3. The van der Waals surface area contributed by atoms with Crippen molar-refractivity contribution in [2.75, 3.05) is 27.4 Å². The van der Waals surface area contributed by atoms with Crippen molar-refractivity contribution in [3.05, 3.63) is 76.9 Å². The molecule has 0 saturated carbocycles. The van der Waals surface area contributed by atoms with Crippen LogP contribution in [0.3, 0.4) is 0 Å². The molecule has 10 heteroatoms. The number of carbonyl (C=O) groups excluding carboxylic acids is 1. The molecule has 4 rings (SSSR count). The van der Waals surface area contributed by atoms with E-state index in [1.54, 1.807) is 43.0 Å². The van der Waals surface area contributed by atoms with E-state index in [0.717, 1.165) is 0 Å². The molecule has 40 heavy (non-hydrogen) atoms. The molecule has 0 fully saturated rings. The van der Waals surface area contributed by atoms with Crippen LogP contribution in [0.1, 0.15) is 46.7 Å². The Bertz CT molecular complexity index is 1610. The Balaban J connectivity index is 2.03. The molecular weight excluding hydrogens is 538 g/mol. The summed E-state index contributed by atoms with van der Waals surface area (Å²) < 4.78 is 61.2. The highest BCUT2D eigenvalue weighted by atomic mass is 31.2. The fourth-order valence-corrected chi connectivity index (χ4v) is 6.21. The molecule has 0 spiro atoms. The van der Waals surface area contributed by atoms with Crippen LogP contribution in [0.5, 0.6) is 5.75 Å². The van der Waals surface area contributed by atoms with Crippen LogP contribution in [0.4, 0.5) is 13.2 Å². The van der Waals surface area contributed by atoms with Crippen LogP contribution in [-0.2, 0) is 10.7 Å². The van der Waals surface area contributed by atoms with Crippen LogP contribution in [0.25, 0.3) is 27.8 Å². The molecule has 0 saturated heterocycles. The Morgan fingerprint density at radius 2 is 1.85 bits per heavy atom. The van der Waals surface area contributed by atoms with Gasteiger partial charge in [-0.15, -0.1) is 0 Å². The zero-order chi connectivity index (χ0) is 29.4. The minimum absolute atomic E-state index is 0.158. The number of aldehydes is 1. The van der Waals surface area contributed by atoms with Gasteiger partial charge in [0.25, 0.3) is 0 Å². The number of hydrogen-bond acceptors (Lipinski definition) is 5. The van der Waals surface area contributed by atoms with Gasteiger partial charge in [-0.25, -0.2) is 9.37 Å². The van der Waals surface area contributed by atoms with Crippen molar-refractivity contribution < 1.29 is 27.3 Å². The number of rotatable bonds is 10. The Kier molecular flexibility index (Phi) is 8.57. The van der Waals surface area contributed by atoms with E-state index >= 15 is 4.39 Å². The lowest BCUT2D eigenvalue weighted by Crippen LogP contribution is -2.23. The van der Waals surface area contributed by atoms with E-state index in [4.69, 9.17) is 9.72 Å². The molecule has 1 aromatic heterocycles. The van der Waals surface area contributed by atoms with Crippen molar-refractivity contribution in [3.63, 3.8) is 0 Å². The maximum absolute atomic E-state index is 15.4. The van der Waals surface area contributed by atoms with Crippen molar-refractivity contribution in [3.8, 4) is 22.6 Å². The zero-order valence-electron chi connectivity index (χ0n) is 23.4. The van der Waals surface area contributed by atoms with E-state index in [-0.39, 0.29) is 29.2 Å². The lowest BCUT2D eigenvalue weighted by atomic mass is 9.97. The standard InChI is InChI=1S/C30H33F3N3O3P/c1-7-24(35(3)4)29-34-23-14-12-19(22-13-11-21(17-40(5,6)38)27(31)18(22)2)15-25(23)36(29)28-20(16-37)9-8-10-26(28)39-30(32)33/h8-16,24,30H,7,17H2,1-6H3.